The van der Waals surface area contributed by atoms with Crippen molar-refractivity contribution in [2.45, 2.75) is 19.6 Å². The summed E-state index contributed by atoms with van der Waals surface area (Å²) in [6, 6.07) is 37.4. The second-order valence-corrected chi connectivity index (χ2v) is 11.0. The van der Waals surface area contributed by atoms with Crippen molar-refractivity contribution in [1.82, 2.24) is 4.90 Å². The monoisotopic (exact) mass is 585 g/mol. The van der Waals surface area contributed by atoms with E-state index in [4.69, 9.17) is 9.73 Å². The zero-order valence-electron chi connectivity index (χ0n) is 23.3. The number of hydrogen-bond donors (Lipinski definition) is 0. The average molecular weight is 586 g/mol. The third-order valence-corrected chi connectivity index (χ3v) is 8.22. The number of nitro benzene ring substituents is 1. The highest BCUT2D eigenvalue weighted by Crippen LogP contribution is 2.41. The highest BCUT2D eigenvalue weighted by atomic mass is 32.2. The zero-order chi connectivity index (χ0) is 29.8. The maximum absolute atomic E-state index is 14.1. The summed E-state index contributed by atoms with van der Waals surface area (Å²) >= 11 is 1.34. The number of amidine groups is 1. The highest BCUT2D eigenvalue weighted by molar-refractivity contribution is 8.18. The average Bonchev–Trinajstić information content (AvgIpc) is 3.34. The molecule has 1 aliphatic heterocycles. The summed E-state index contributed by atoms with van der Waals surface area (Å²) in [6.07, 6.45) is 1.89. The molecule has 1 saturated heterocycles. The summed E-state index contributed by atoms with van der Waals surface area (Å²) in [7, 11) is 0. The summed E-state index contributed by atoms with van der Waals surface area (Å²) in [5, 5.41) is 13.6. The molecule has 0 bridgehead atoms. The molecule has 212 valence electrons. The zero-order valence-corrected chi connectivity index (χ0v) is 24.1. The number of hydrogen-bond acceptors (Lipinski definition) is 6. The Bertz CT molecular complexity index is 1860. The Morgan fingerprint density at radius 1 is 0.884 bits per heavy atom. The van der Waals surface area contributed by atoms with Crippen LogP contribution in [0.2, 0.25) is 0 Å². The number of para-hydroxylation sites is 1. The predicted molar refractivity (Wildman–Crippen MR) is 172 cm³/mol. The van der Waals surface area contributed by atoms with E-state index in [1.54, 1.807) is 17.0 Å². The second kappa shape index (κ2) is 12.3. The lowest BCUT2D eigenvalue weighted by molar-refractivity contribution is -0.384. The largest absolute Gasteiger partial charge is 0.488 e. The van der Waals surface area contributed by atoms with Crippen LogP contribution in [0.25, 0.3) is 16.8 Å². The Balaban J connectivity index is 1.39. The lowest BCUT2D eigenvalue weighted by atomic mass is 10.0. The molecule has 0 aliphatic carbocycles. The fraction of sp³-hybridized carbons (Fsp3) is 0.0857. The van der Waals surface area contributed by atoms with Gasteiger partial charge in [-0.1, -0.05) is 78.9 Å². The maximum atomic E-state index is 14.1. The van der Waals surface area contributed by atoms with E-state index in [9.17, 15) is 14.9 Å². The van der Waals surface area contributed by atoms with E-state index in [2.05, 4.69) is 0 Å². The van der Waals surface area contributed by atoms with Gasteiger partial charge < -0.3 is 4.74 Å². The molecule has 5 aromatic carbocycles. The maximum Gasteiger partial charge on any atom is 0.269 e. The fourth-order valence-electron chi connectivity index (χ4n) is 4.96. The van der Waals surface area contributed by atoms with E-state index in [0.29, 0.717) is 15.8 Å². The molecule has 0 radical (unpaired) electrons. The molecule has 0 spiro atoms. The van der Waals surface area contributed by atoms with Crippen molar-refractivity contribution in [3.63, 3.8) is 0 Å². The van der Waals surface area contributed by atoms with Crippen LogP contribution < -0.4 is 4.74 Å². The summed E-state index contributed by atoms with van der Waals surface area (Å²) in [4.78, 5) is 31.9. The lowest BCUT2D eigenvalue weighted by Crippen LogP contribution is -2.32. The van der Waals surface area contributed by atoms with Gasteiger partial charge in [-0.05, 0) is 77.0 Å². The minimum atomic E-state index is -0.425. The van der Waals surface area contributed by atoms with E-state index in [1.165, 1.54) is 23.9 Å². The lowest BCUT2D eigenvalue weighted by Gasteiger charge is -2.24. The van der Waals surface area contributed by atoms with Crippen LogP contribution in [0, 0.1) is 10.1 Å². The highest BCUT2D eigenvalue weighted by Gasteiger charge is 2.37. The van der Waals surface area contributed by atoms with Gasteiger partial charge in [-0.25, -0.2) is 4.99 Å². The molecule has 43 heavy (non-hydrogen) atoms. The van der Waals surface area contributed by atoms with Gasteiger partial charge >= 0.3 is 0 Å². The molecule has 1 atom stereocenters. The van der Waals surface area contributed by atoms with Crippen molar-refractivity contribution >= 4 is 51.1 Å². The van der Waals surface area contributed by atoms with Crippen molar-refractivity contribution < 1.29 is 14.5 Å². The van der Waals surface area contributed by atoms with Gasteiger partial charge in [-0.3, -0.25) is 19.8 Å². The molecule has 7 nitrogen and oxygen atoms in total. The topological polar surface area (TPSA) is 85.0 Å². The molecule has 0 aromatic heterocycles. The first-order chi connectivity index (χ1) is 21.0. The van der Waals surface area contributed by atoms with Gasteiger partial charge in [0.25, 0.3) is 11.6 Å². The molecule has 1 amide bonds. The SMILES string of the molecule is C[C@@H](c1ccccc1)N1C(=O)/C(=C\c2c(OCc3ccc([N+](=O)[O-])cc3)ccc3ccccc23)SC1=Nc1ccccc1. The number of aliphatic imine (C=N–C) groups is 1. The van der Waals surface area contributed by atoms with Crippen LogP contribution in [0.15, 0.2) is 131 Å². The molecular formula is C35H27N3O4S. The quantitative estimate of drug-likeness (QED) is 0.103. The first kappa shape index (κ1) is 27.9. The van der Waals surface area contributed by atoms with E-state index >= 15 is 0 Å². The van der Waals surface area contributed by atoms with Gasteiger partial charge in [-0.15, -0.1) is 0 Å². The normalized spacial score (nSPS) is 15.7. The number of nitro groups is 1. The first-order valence-corrected chi connectivity index (χ1v) is 14.6. The number of fused-ring (bicyclic) bond motifs is 1. The third-order valence-electron chi connectivity index (χ3n) is 7.23. The minimum absolute atomic E-state index is 0.0268. The van der Waals surface area contributed by atoms with Crippen molar-refractivity contribution in [3.05, 3.63) is 153 Å². The number of amides is 1. The molecule has 8 heteroatoms. The number of thioether (sulfide) groups is 1. The summed E-state index contributed by atoms with van der Waals surface area (Å²) < 4.78 is 6.26. The minimum Gasteiger partial charge on any atom is -0.488 e. The smallest absolute Gasteiger partial charge is 0.269 e. The van der Waals surface area contributed by atoms with Crippen LogP contribution in [-0.2, 0) is 11.4 Å². The van der Waals surface area contributed by atoms with Crippen LogP contribution in [0.5, 0.6) is 5.75 Å². The van der Waals surface area contributed by atoms with Gasteiger partial charge in [-0.2, -0.15) is 0 Å². The Labute approximate surface area is 253 Å². The molecule has 6 rings (SSSR count). The van der Waals surface area contributed by atoms with Gasteiger partial charge in [0.05, 0.1) is 21.6 Å². The molecule has 0 unspecified atom stereocenters. The Morgan fingerprint density at radius 2 is 1.56 bits per heavy atom. The van der Waals surface area contributed by atoms with Crippen LogP contribution in [0.1, 0.15) is 29.7 Å². The van der Waals surface area contributed by atoms with Gasteiger partial charge in [0.15, 0.2) is 5.17 Å². The fourth-order valence-corrected chi connectivity index (χ4v) is 6.01. The van der Waals surface area contributed by atoms with Crippen molar-refractivity contribution in [1.29, 1.82) is 0 Å². The molecule has 1 aliphatic rings. The predicted octanol–water partition coefficient (Wildman–Crippen LogP) is 8.69. The summed E-state index contributed by atoms with van der Waals surface area (Å²) in [5.74, 6) is 0.472. The first-order valence-electron chi connectivity index (χ1n) is 13.8. The van der Waals surface area contributed by atoms with Gasteiger partial charge in [0, 0.05) is 17.7 Å². The van der Waals surface area contributed by atoms with Crippen LogP contribution in [0.3, 0.4) is 0 Å². The van der Waals surface area contributed by atoms with E-state index in [-0.39, 0.29) is 24.2 Å². The van der Waals surface area contributed by atoms with Gasteiger partial charge in [0.1, 0.15) is 12.4 Å². The number of ether oxygens (including phenoxy) is 1. The van der Waals surface area contributed by atoms with Gasteiger partial charge in [0.2, 0.25) is 0 Å². The molecular weight excluding hydrogens is 558 g/mol. The van der Waals surface area contributed by atoms with Crippen LogP contribution >= 0.6 is 11.8 Å². The van der Waals surface area contributed by atoms with E-state index < -0.39 is 4.92 Å². The molecule has 0 saturated carbocycles. The number of benzene rings is 5. The molecule has 0 N–H and O–H groups in total. The Kier molecular flexibility index (Phi) is 8.02. The number of carbonyl (C=O) groups excluding carboxylic acids is 1. The standard InChI is InChI=1S/C35H27N3O4S/c1-24(26-10-4-2-5-11-26)37-34(39)33(43-35(37)36-28-13-6-3-7-14-28)22-31-30-15-9-8-12-27(30)18-21-32(31)42-23-25-16-19-29(20-17-25)38(40)41/h2-22,24H,23H2,1H3/b33-22+,36-35?/t24-/m0/s1. The van der Waals surface area contributed by atoms with E-state index in [1.807, 2.05) is 110 Å². The van der Waals surface area contributed by atoms with E-state index in [0.717, 1.165) is 33.2 Å². The summed E-state index contributed by atoms with van der Waals surface area (Å²) in [5.41, 5.74) is 3.38. The number of non-ortho nitro benzene ring substituents is 1. The second-order valence-electron chi connectivity index (χ2n) is 10.0. The van der Waals surface area contributed by atoms with Crippen LogP contribution in [0.4, 0.5) is 11.4 Å². The van der Waals surface area contributed by atoms with Crippen molar-refractivity contribution in [2.75, 3.05) is 0 Å². The molecule has 1 heterocycles. The number of rotatable bonds is 8. The van der Waals surface area contributed by atoms with Crippen LogP contribution in [-0.4, -0.2) is 20.9 Å². The summed E-state index contributed by atoms with van der Waals surface area (Å²) in [6.45, 7) is 2.22. The third kappa shape index (κ3) is 6.05. The molecule has 5 aromatic rings. The number of carbonyl (C=O) groups is 1. The Hall–Kier alpha value is -5.21. The van der Waals surface area contributed by atoms with Crippen molar-refractivity contribution in [3.8, 4) is 5.75 Å². The van der Waals surface area contributed by atoms with Crippen molar-refractivity contribution in [2.24, 2.45) is 4.99 Å². The Morgan fingerprint density at radius 3 is 2.28 bits per heavy atom. The molecule has 1 fully saturated rings. The number of nitrogens with zero attached hydrogens (tertiary/aromatic N) is 3.